The number of fused-ring (bicyclic) bond motifs is 2. The van der Waals surface area contributed by atoms with Gasteiger partial charge in [0.1, 0.15) is 46.9 Å². The summed E-state index contributed by atoms with van der Waals surface area (Å²) in [6.07, 6.45) is -7.02. The standard InChI is InChI=1S/C32H2BF22/c34-5-2-3-1-4(12(35)15(38)6(3)16(39)13(5)36)33(10-21(44)27(50)31(54)28(51)22(10)45,11-23(46)29(52)32(55)30(53)24(11)47)9-14(37)7-8(17(40)20(9)43)19(42)26(49)25(48)18(7)41/h1-2H/q-1. The van der Waals surface area contributed by atoms with E-state index in [1.807, 2.05) is 0 Å². The Balaban J connectivity index is 2.15. The molecule has 0 saturated heterocycles. The second-order valence-electron chi connectivity index (χ2n) is 11.4. The lowest BCUT2D eigenvalue weighted by Gasteiger charge is -2.45. The molecule has 0 unspecified atom stereocenters. The zero-order chi connectivity index (χ0) is 41.2. The van der Waals surface area contributed by atoms with E-state index in [1.54, 1.807) is 0 Å². The average Bonchev–Trinajstić information content (AvgIpc) is 3.14. The van der Waals surface area contributed by atoms with Crippen LogP contribution in [0.3, 0.4) is 0 Å². The first kappa shape index (κ1) is 39.1. The quantitative estimate of drug-likeness (QED) is 0.0727. The van der Waals surface area contributed by atoms with Crippen LogP contribution >= 0.6 is 0 Å². The van der Waals surface area contributed by atoms with Crippen LogP contribution in [0.25, 0.3) is 21.5 Å². The van der Waals surface area contributed by atoms with Gasteiger partial charge in [-0.2, -0.15) is 5.46 Å². The predicted octanol–water partition coefficient (Wildman–Crippen LogP) is 8.43. The molecule has 0 saturated carbocycles. The first-order valence-corrected chi connectivity index (χ1v) is 14.0. The molecule has 0 N–H and O–H groups in total. The Morgan fingerprint density at radius 3 is 0.927 bits per heavy atom. The van der Waals surface area contributed by atoms with Crippen LogP contribution in [0.5, 0.6) is 0 Å². The van der Waals surface area contributed by atoms with E-state index in [-0.39, 0.29) is 0 Å². The van der Waals surface area contributed by atoms with E-state index in [0.29, 0.717) is 0 Å². The van der Waals surface area contributed by atoms with Crippen molar-refractivity contribution in [2.24, 2.45) is 0 Å². The fraction of sp³-hybridized carbons (Fsp3) is 0. The minimum absolute atomic E-state index is 0.460. The monoisotopic (exact) mass is 815 g/mol. The summed E-state index contributed by atoms with van der Waals surface area (Å²) < 4.78 is 335. The molecule has 6 aromatic rings. The molecule has 6 rings (SSSR count). The summed E-state index contributed by atoms with van der Waals surface area (Å²) in [5.41, 5.74) is -13.2. The van der Waals surface area contributed by atoms with Crippen LogP contribution in [0, 0.1) is 128 Å². The molecule has 55 heavy (non-hydrogen) atoms. The summed E-state index contributed by atoms with van der Waals surface area (Å²) in [6, 6.07) is -1.16. The first-order chi connectivity index (χ1) is 25.5. The molecule has 0 amide bonds. The van der Waals surface area contributed by atoms with Crippen LogP contribution in [0.2, 0.25) is 0 Å². The van der Waals surface area contributed by atoms with Gasteiger partial charge in [-0.1, -0.05) is 6.07 Å². The summed E-state index contributed by atoms with van der Waals surface area (Å²) in [6.45, 7) is 0. The highest BCUT2D eigenvalue weighted by atomic mass is 19.2. The van der Waals surface area contributed by atoms with Crippen molar-refractivity contribution in [2.75, 3.05) is 0 Å². The molecule has 0 fully saturated rings. The number of hydrogen-bond donors (Lipinski definition) is 0. The van der Waals surface area contributed by atoms with Gasteiger partial charge >= 0.3 is 0 Å². The van der Waals surface area contributed by atoms with E-state index < -0.39 is 190 Å². The third kappa shape index (κ3) is 4.85. The maximum absolute atomic E-state index is 16.7. The lowest BCUT2D eigenvalue weighted by atomic mass is 9.12. The van der Waals surface area contributed by atoms with Crippen LogP contribution < -0.4 is 21.9 Å². The van der Waals surface area contributed by atoms with E-state index in [1.165, 1.54) is 0 Å². The van der Waals surface area contributed by atoms with Gasteiger partial charge < -0.3 is 0 Å². The maximum Gasteiger partial charge on any atom is 0.200 e. The highest BCUT2D eigenvalue weighted by Gasteiger charge is 2.50. The van der Waals surface area contributed by atoms with Crippen molar-refractivity contribution in [3.05, 3.63) is 140 Å². The number of rotatable bonds is 4. The molecule has 0 radical (unpaired) electrons. The maximum atomic E-state index is 16.7. The highest BCUT2D eigenvalue weighted by Crippen LogP contribution is 2.36. The summed E-state index contributed by atoms with van der Waals surface area (Å²) in [4.78, 5) is 0. The summed E-state index contributed by atoms with van der Waals surface area (Å²) in [7, 11) is 0. The van der Waals surface area contributed by atoms with Gasteiger partial charge in [0.05, 0.1) is 16.2 Å². The Bertz CT molecular complexity index is 2620. The third-order valence-corrected chi connectivity index (χ3v) is 8.79. The minimum atomic E-state index is -7.02. The Morgan fingerprint density at radius 1 is 0.236 bits per heavy atom. The van der Waals surface area contributed by atoms with Crippen LogP contribution in [0.1, 0.15) is 0 Å². The van der Waals surface area contributed by atoms with Crippen molar-refractivity contribution in [1.82, 2.24) is 0 Å². The fourth-order valence-corrected chi connectivity index (χ4v) is 6.52. The number of halogens is 22. The largest absolute Gasteiger partial charge is 0.210 e. The van der Waals surface area contributed by atoms with Gasteiger partial charge in [-0.3, -0.25) is 0 Å². The Hall–Kier alpha value is -5.64. The Morgan fingerprint density at radius 2 is 0.509 bits per heavy atom. The van der Waals surface area contributed by atoms with E-state index in [9.17, 15) is 52.7 Å². The smallest absolute Gasteiger partial charge is 0.200 e. The topological polar surface area (TPSA) is 0 Å². The highest BCUT2D eigenvalue weighted by molar-refractivity contribution is 7.20. The zero-order valence-corrected chi connectivity index (χ0v) is 25.0. The Kier molecular flexibility index (Phi) is 9.03. The van der Waals surface area contributed by atoms with Gasteiger partial charge in [0, 0.05) is 0 Å². The lowest BCUT2D eigenvalue weighted by Crippen LogP contribution is -2.80. The summed E-state index contributed by atoms with van der Waals surface area (Å²) in [5, 5.41) is -9.60. The average molecular weight is 815 g/mol. The SMILES string of the molecule is Fc1cc2cc([B-](c3c(F)c(F)c(F)c(F)c3F)(c3c(F)c(F)c(F)c(F)c3F)c3c(F)c(F)c4c(F)c(F)c(F)c(F)c4c3F)c(F)c(F)c2c(F)c1F. The normalized spacial score (nSPS) is 12.2. The minimum Gasteiger partial charge on any atom is -0.210 e. The fourth-order valence-electron chi connectivity index (χ4n) is 6.52. The van der Waals surface area contributed by atoms with Crippen molar-refractivity contribution in [3.63, 3.8) is 0 Å². The van der Waals surface area contributed by atoms with E-state index in [0.717, 1.165) is 0 Å². The second kappa shape index (κ2) is 12.7. The molecule has 23 heteroatoms. The van der Waals surface area contributed by atoms with Crippen LogP contribution in [0.15, 0.2) is 12.1 Å². The molecule has 0 bridgehead atoms. The number of benzene rings is 6. The van der Waals surface area contributed by atoms with Gasteiger partial charge in [0.2, 0.25) is 0 Å². The van der Waals surface area contributed by atoms with Gasteiger partial charge in [-0.05, 0) is 11.5 Å². The van der Waals surface area contributed by atoms with Crippen molar-refractivity contribution in [2.45, 2.75) is 0 Å². The van der Waals surface area contributed by atoms with E-state index >= 15 is 43.9 Å². The van der Waals surface area contributed by atoms with Crippen molar-refractivity contribution in [1.29, 1.82) is 0 Å². The zero-order valence-electron chi connectivity index (χ0n) is 25.0. The van der Waals surface area contributed by atoms with Crippen LogP contribution in [0.4, 0.5) is 96.6 Å². The molecule has 0 aliphatic rings. The van der Waals surface area contributed by atoms with Crippen molar-refractivity contribution >= 4 is 49.5 Å². The van der Waals surface area contributed by atoms with Gasteiger partial charge in [0.15, 0.2) is 87.3 Å². The molecule has 0 atom stereocenters. The summed E-state index contributed by atoms with van der Waals surface area (Å²) >= 11 is 0. The molecule has 0 spiro atoms. The molecule has 288 valence electrons. The Labute approximate surface area is 286 Å². The van der Waals surface area contributed by atoms with Gasteiger partial charge in [-0.25, -0.2) is 96.6 Å². The first-order valence-electron chi connectivity index (χ1n) is 14.0. The van der Waals surface area contributed by atoms with Crippen molar-refractivity contribution in [3.8, 4) is 0 Å². The van der Waals surface area contributed by atoms with Gasteiger partial charge in [-0.15, -0.1) is 16.4 Å². The molecule has 0 heterocycles. The van der Waals surface area contributed by atoms with Crippen LogP contribution in [-0.4, -0.2) is 6.15 Å². The molecule has 0 nitrogen and oxygen atoms in total. The molecule has 0 aliphatic heterocycles. The van der Waals surface area contributed by atoms with Crippen LogP contribution in [-0.2, 0) is 0 Å². The molecule has 0 aliphatic carbocycles. The molecular formula is C32H2BF22-. The molecule has 6 aromatic carbocycles. The lowest BCUT2D eigenvalue weighted by molar-refractivity contribution is 0.381. The van der Waals surface area contributed by atoms with Gasteiger partial charge in [0.25, 0.3) is 0 Å². The van der Waals surface area contributed by atoms with Crippen molar-refractivity contribution < 1.29 is 96.6 Å². The molecule has 0 aromatic heterocycles. The third-order valence-electron chi connectivity index (χ3n) is 8.79. The van der Waals surface area contributed by atoms with E-state index in [4.69, 9.17) is 0 Å². The van der Waals surface area contributed by atoms with E-state index in [2.05, 4.69) is 0 Å². The predicted molar refractivity (Wildman–Crippen MR) is 144 cm³/mol. The number of hydrogen-bond acceptors (Lipinski definition) is 0. The molecular weight excluding hydrogens is 813 g/mol. The summed E-state index contributed by atoms with van der Waals surface area (Å²) in [5.74, 6) is -72.9. The second-order valence-corrected chi connectivity index (χ2v) is 11.4.